The molecule has 0 bridgehead atoms. The van der Waals surface area contributed by atoms with Crippen molar-refractivity contribution in [2.45, 2.75) is 58.5 Å². The van der Waals surface area contributed by atoms with E-state index in [-0.39, 0.29) is 23.8 Å². The number of nitrogens with one attached hydrogen (secondary N) is 1. The van der Waals surface area contributed by atoms with Gasteiger partial charge < -0.3 is 5.32 Å². The highest BCUT2D eigenvalue weighted by atomic mass is 16.2. The van der Waals surface area contributed by atoms with Gasteiger partial charge in [-0.15, -0.1) is 0 Å². The van der Waals surface area contributed by atoms with E-state index in [2.05, 4.69) is 24.3 Å². The largest absolute Gasteiger partial charge is 0.307 e. The zero-order valence-electron chi connectivity index (χ0n) is 16.9. The minimum atomic E-state index is -0.324. The van der Waals surface area contributed by atoms with Crippen molar-refractivity contribution in [3.63, 3.8) is 0 Å². The number of carbonyl (C=O) groups excluding carboxylic acids is 3. The Hall–Kier alpha value is -2.96. The number of hydrogen-bond acceptors (Lipinski definition) is 4. The van der Waals surface area contributed by atoms with E-state index in [1.165, 1.54) is 11.0 Å². The van der Waals surface area contributed by atoms with E-state index < -0.39 is 0 Å². The number of rotatable bonds is 5. The van der Waals surface area contributed by atoms with Crippen molar-refractivity contribution in [2.75, 3.05) is 5.32 Å². The Labute approximate surface area is 170 Å². The number of hydrogen-bond donors (Lipinski definition) is 1. The maximum Gasteiger partial charge on any atom is 0.261 e. The second-order valence-corrected chi connectivity index (χ2v) is 8.28. The van der Waals surface area contributed by atoms with Gasteiger partial charge in [-0.2, -0.15) is 5.10 Å². The summed E-state index contributed by atoms with van der Waals surface area (Å²) in [6, 6.07) is 6.45. The van der Waals surface area contributed by atoms with Gasteiger partial charge in [-0.3, -0.25) is 19.3 Å². The molecule has 1 aromatic carbocycles. The molecule has 2 heterocycles. The molecule has 2 aliphatic rings. The van der Waals surface area contributed by atoms with Gasteiger partial charge in [0.05, 0.1) is 17.3 Å². The third-order valence-corrected chi connectivity index (χ3v) is 5.62. The SMILES string of the molecule is CC(C)Cn1nccc1NC(=O)c1ccc2c(c1)C(=O)N(C1CCCCC1)C2=O. The Bertz CT molecular complexity index is 957. The number of benzene rings is 1. The highest BCUT2D eigenvalue weighted by molar-refractivity contribution is 6.22. The Kier molecular flexibility index (Phi) is 5.22. The number of anilines is 1. The Balaban J connectivity index is 1.54. The molecule has 2 aromatic rings. The molecule has 7 nitrogen and oxygen atoms in total. The number of carbonyl (C=O) groups is 3. The lowest BCUT2D eigenvalue weighted by Crippen LogP contribution is -2.40. The van der Waals surface area contributed by atoms with Gasteiger partial charge in [-0.05, 0) is 37.0 Å². The van der Waals surface area contributed by atoms with Crippen molar-refractivity contribution in [1.29, 1.82) is 0 Å². The van der Waals surface area contributed by atoms with Crippen LogP contribution in [0.3, 0.4) is 0 Å². The molecular weight excluding hydrogens is 368 g/mol. The van der Waals surface area contributed by atoms with Crippen LogP contribution in [-0.4, -0.2) is 38.4 Å². The molecule has 0 saturated heterocycles. The number of aromatic nitrogens is 2. The van der Waals surface area contributed by atoms with Crippen LogP contribution in [0.4, 0.5) is 5.82 Å². The molecule has 1 aromatic heterocycles. The fourth-order valence-corrected chi connectivity index (χ4v) is 4.19. The first kappa shape index (κ1) is 19.4. The van der Waals surface area contributed by atoms with Crippen molar-refractivity contribution in [3.8, 4) is 0 Å². The molecule has 0 unspecified atom stereocenters. The summed E-state index contributed by atoms with van der Waals surface area (Å²) in [7, 11) is 0. The summed E-state index contributed by atoms with van der Waals surface area (Å²) in [5.74, 6) is 0.153. The van der Waals surface area contributed by atoms with Crippen LogP contribution >= 0.6 is 0 Å². The van der Waals surface area contributed by atoms with Crippen LogP contribution < -0.4 is 5.32 Å². The van der Waals surface area contributed by atoms with Gasteiger partial charge in [0.2, 0.25) is 0 Å². The number of fused-ring (bicyclic) bond motifs is 1. The van der Waals surface area contributed by atoms with Crippen molar-refractivity contribution in [2.24, 2.45) is 5.92 Å². The highest BCUT2D eigenvalue weighted by Gasteiger charge is 2.40. The topological polar surface area (TPSA) is 84.3 Å². The summed E-state index contributed by atoms with van der Waals surface area (Å²) >= 11 is 0. The average molecular weight is 394 g/mol. The molecule has 4 rings (SSSR count). The average Bonchev–Trinajstić information content (AvgIpc) is 3.23. The fraction of sp³-hybridized carbons (Fsp3) is 0.455. The smallest absolute Gasteiger partial charge is 0.261 e. The second kappa shape index (κ2) is 7.81. The van der Waals surface area contributed by atoms with E-state index in [0.717, 1.165) is 32.1 Å². The third kappa shape index (κ3) is 3.69. The van der Waals surface area contributed by atoms with Crippen LogP contribution in [-0.2, 0) is 6.54 Å². The van der Waals surface area contributed by atoms with Gasteiger partial charge in [0.25, 0.3) is 17.7 Å². The van der Waals surface area contributed by atoms with Crippen LogP contribution in [0.2, 0.25) is 0 Å². The highest BCUT2D eigenvalue weighted by Crippen LogP contribution is 2.31. The minimum absolute atomic E-state index is 0.0289. The summed E-state index contributed by atoms with van der Waals surface area (Å²) in [4.78, 5) is 39.9. The fourth-order valence-electron chi connectivity index (χ4n) is 4.19. The van der Waals surface area contributed by atoms with E-state index in [4.69, 9.17) is 0 Å². The van der Waals surface area contributed by atoms with Crippen LogP contribution in [0, 0.1) is 5.92 Å². The van der Waals surface area contributed by atoms with Crippen LogP contribution in [0.25, 0.3) is 0 Å². The summed E-state index contributed by atoms with van der Waals surface area (Å²) in [5.41, 5.74) is 1.07. The zero-order chi connectivity index (χ0) is 20.5. The monoisotopic (exact) mass is 394 g/mol. The quantitative estimate of drug-likeness (QED) is 0.784. The van der Waals surface area contributed by atoms with E-state index in [9.17, 15) is 14.4 Å². The summed E-state index contributed by atoms with van der Waals surface area (Å²) < 4.78 is 1.75. The van der Waals surface area contributed by atoms with Crippen LogP contribution in [0.15, 0.2) is 30.5 Å². The lowest BCUT2D eigenvalue weighted by atomic mass is 9.94. The molecule has 1 saturated carbocycles. The summed E-state index contributed by atoms with van der Waals surface area (Å²) in [6.07, 6.45) is 6.59. The first-order chi connectivity index (χ1) is 14.0. The normalized spacial score (nSPS) is 17.1. The van der Waals surface area contributed by atoms with E-state index in [0.29, 0.717) is 35.0 Å². The summed E-state index contributed by atoms with van der Waals surface area (Å²) in [5, 5.41) is 7.10. The van der Waals surface area contributed by atoms with Gasteiger partial charge >= 0.3 is 0 Å². The van der Waals surface area contributed by atoms with Crippen molar-refractivity contribution in [1.82, 2.24) is 14.7 Å². The maximum absolute atomic E-state index is 12.9. The Morgan fingerprint density at radius 1 is 1.10 bits per heavy atom. The lowest BCUT2D eigenvalue weighted by molar-refractivity contribution is 0.0549. The van der Waals surface area contributed by atoms with Gasteiger partial charge in [0.15, 0.2) is 0 Å². The minimum Gasteiger partial charge on any atom is -0.307 e. The Morgan fingerprint density at radius 3 is 2.55 bits per heavy atom. The number of imide groups is 1. The summed E-state index contributed by atoms with van der Waals surface area (Å²) in [6.45, 7) is 4.85. The maximum atomic E-state index is 12.9. The van der Waals surface area contributed by atoms with E-state index in [1.807, 2.05) is 0 Å². The second-order valence-electron chi connectivity index (χ2n) is 8.28. The van der Waals surface area contributed by atoms with Crippen molar-refractivity contribution < 1.29 is 14.4 Å². The molecule has 7 heteroatoms. The first-order valence-electron chi connectivity index (χ1n) is 10.3. The molecule has 0 radical (unpaired) electrons. The predicted octanol–water partition coefficient (Wildman–Crippen LogP) is 3.72. The molecule has 1 aliphatic heterocycles. The molecule has 0 spiro atoms. The molecule has 1 N–H and O–H groups in total. The molecule has 1 fully saturated rings. The van der Waals surface area contributed by atoms with Gasteiger partial charge in [-0.25, -0.2) is 4.68 Å². The van der Waals surface area contributed by atoms with Crippen LogP contribution in [0.1, 0.15) is 77.0 Å². The van der Waals surface area contributed by atoms with E-state index >= 15 is 0 Å². The van der Waals surface area contributed by atoms with Crippen molar-refractivity contribution in [3.05, 3.63) is 47.2 Å². The first-order valence-corrected chi connectivity index (χ1v) is 10.3. The lowest BCUT2D eigenvalue weighted by Gasteiger charge is -2.29. The zero-order valence-corrected chi connectivity index (χ0v) is 16.9. The van der Waals surface area contributed by atoms with Crippen LogP contribution in [0.5, 0.6) is 0 Å². The van der Waals surface area contributed by atoms with Gasteiger partial charge in [0.1, 0.15) is 5.82 Å². The van der Waals surface area contributed by atoms with E-state index in [1.54, 1.807) is 29.1 Å². The molecule has 0 atom stereocenters. The third-order valence-electron chi connectivity index (χ3n) is 5.62. The molecular formula is C22H26N4O3. The molecule has 1 aliphatic carbocycles. The van der Waals surface area contributed by atoms with Gasteiger partial charge in [-0.1, -0.05) is 33.1 Å². The van der Waals surface area contributed by atoms with Crippen molar-refractivity contribution >= 4 is 23.5 Å². The Morgan fingerprint density at radius 2 is 1.83 bits per heavy atom. The number of nitrogens with zero attached hydrogens (tertiary/aromatic N) is 3. The standard InChI is InChI=1S/C22H26N4O3/c1-14(2)13-25-19(10-11-23-25)24-20(27)15-8-9-17-18(12-15)22(29)26(21(17)28)16-6-4-3-5-7-16/h8-12,14,16H,3-7,13H2,1-2H3,(H,24,27). The van der Waals surface area contributed by atoms with Gasteiger partial charge in [0, 0.05) is 24.2 Å². The molecule has 29 heavy (non-hydrogen) atoms. The number of amides is 3. The predicted molar refractivity (Wildman–Crippen MR) is 109 cm³/mol. The molecule has 3 amide bonds. The molecule has 152 valence electrons.